The maximum absolute atomic E-state index is 14.0. The third-order valence-corrected chi connectivity index (χ3v) is 13.2. The van der Waals surface area contributed by atoms with E-state index < -0.39 is 86.5 Å². The van der Waals surface area contributed by atoms with Crippen molar-refractivity contribution in [3.05, 3.63) is 137 Å². The molecule has 4 aromatic rings. The van der Waals surface area contributed by atoms with Crippen LogP contribution in [0.4, 0.5) is 4.79 Å². The zero-order chi connectivity index (χ0) is 44.7. The average Bonchev–Trinajstić information content (AvgIpc) is 3.28. The van der Waals surface area contributed by atoms with Crippen molar-refractivity contribution in [2.24, 2.45) is 5.92 Å². The van der Waals surface area contributed by atoms with E-state index in [1.54, 1.807) is 32.9 Å². The molecule has 1 aromatic heterocycles. The van der Waals surface area contributed by atoms with Gasteiger partial charge in [0.25, 0.3) is 0 Å². The molecule has 3 heterocycles. The Morgan fingerprint density at radius 1 is 0.873 bits per heavy atom. The SMILES string of the molecule is CC[C@H]1[C@H](O)[C@H]2O[C@@H]3O[C@H](C)C[C@@H](NC(=O)Cc4ccc(C(C)OP(=O)(OCc5ccccc5)OCc5ccccc5)cn4)[C@]3(O)O[C@@H]2[C@@H](N(C)C(=O)OCc2ccccc2)[C@H]1O. The number of hydrogen-bond acceptors (Lipinski definition) is 14. The smallest absolute Gasteiger partial charge is 0.445 e. The van der Waals surface area contributed by atoms with Crippen LogP contribution in [0.25, 0.3) is 0 Å². The van der Waals surface area contributed by atoms with Gasteiger partial charge >= 0.3 is 13.9 Å². The predicted molar refractivity (Wildman–Crippen MR) is 227 cm³/mol. The minimum Gasteiger partial charge on any atom is -0.445 e. The number of aromatic nitrogens is 1. The van der Waals surface area contributed by atoms with E-state index in [1.807, 2.05) is 91.0 Å². The molecule has 338 valence electrons. The lowest BCUT2D eigenvalue weighted by atomic mass is 9.74. The molecule has 0 spiro atoms. The fourth-order valence-electron chi connectivity index (χ4n) is 8.27. The highest BCUT2D eigenvalue weighted by Gasteiger charge is 2.64. The first kappa shape index (κ1) is 46.4. The quantitative estimate of drug-likeness (QED) is 0.0993. The number of nitrogens with one attached hydrogen (secondary N) is 1. The van der Waals surface area contributed by atoms with Crippen LogP contribution in [0.15, 0.2) is 109 Å². The van der Waals surface area contributed by atoms with Crippen LogP contribution >= 0.6 is 7.82 Å². The van der Waals surface area contributed by atoms with Crippen LogP contribution in [-0.2, 0) is 68.1 Å². The van der Waals surface area contributed by atoms with Gasteiger partial charge in [0.15, 0.2) is 0 Å². The van der Waals surface area contributed by atoms with E-state index in [1.165, 1.54) is 18.1 Å². The van der Waals surface area contributed by atoms with Crippen LogP contribution < -0.4 is 5.32 Å². The van der Waals surface area contributed by atoms with Crippen molar-refractivity contribution in [3.63, 3.8) is 0 Å². The molecule has 3 fully saturated rings. The lowest BCUT2D eigenvalue weighted by Crippen LogP contribution is -2.77. The number of ether oxygens (including phenoxy) is 4. The molecule has 63 heavy (non-hydrogen) atoms. The molecule has 3 aliphatic rings. The molecule has 2 saturated heterocycles. The lowest BCUT2D eigenvalue weighted by Gasteiger charge is -2.58. The summed E-state index contributed by atoms with van der Waals surface area (Å²) in [5.74, 6) is -3.51. The number of benzene rings is 3. The van der Waals surface area contributed by atoms with Gasteiger partial charge in [-0.2, -0.15) is 0 Å². The molecular weight excluding hydrogens is 833 g/mol. The Hall–Kier alpha value is -4.58. The van der Waals surface area contributed by atoms with Gasteiger partial charge < -0.3 is 44.5 Å². The van der Waals surface area contributed by atoms with E-state index in [4.69, 9.17) is 32.5 Å². The van der Waals surface area contributed by atoms with Crippen LogP contribution in [0.1, 0.15) is 67.7 Å². The Morgan fingerprint density at radius 2 is 1.46 bits per heavy atom. The number of phosphoric ester groups is 1. The Labute approximate surface area is 367 Å². The summed E-state index contributed by atoms with van der Waals surface area (Å²) in [6.07, 6.45) is -6.62. The molecular formula is C46H56N3O13P. The summed E-state index contributed by atoms with van der Waals surface area (Å²) in [7, 11) is -2.65. The maximum Gasteiger partial charge on any atom is 0.476 e. The summed E-state index contributed by atoms with van der Waals surface area (Å²) in [6.45, 7) is 5.22. The molecule has 1 saturated carbocycles. The lowest BCUT2D eigenvalue weighted by molar-refractivity contribution is -0.452. The number of nitrogens with zero attached hydrogens (tertiary/aromatic N) is 2. The number of likely N-dealkylation sites (N-methyl/N-ethyl adjacent to an activating group) is 1. The second-order valence-electron chi connectivity index (χ2n) is 16.2. The number of fused-ring (bicyclic) bond motifs is 2. The van der Waals surface area contributed by atoms with Crippen molar-refractivity contribution in [2.45, 2.75) is 121 Å². The van der Waals surface area contributed by atoms with Gasteiger partial charge in [0.1, 0.15) is 18.8 Å². The van der Waals surface area contributed by atoms with E-state index >= 15 is 0 Å². The van der Waals surface area contributed by atoms with Gasteiger partial charge in [0, 0.05) is 24.9 Å². The molecule has 4 N–H and O–H groups in total. The molecule has 0 bridgehead atoms. The Balaban J connectivity index is 1.01. The molecule has 1 aliphatic carbocycles. The number of pyridine rings is 1. The first-order chi connectivity index (χ1) is 30.3. The van der Waals surface area contributed by atoms with Gasteiger partial charge in [-0.15, -0.1) is 0 Å². The van der Waals surface area contributed by atoms with Gasteiger partial charge in [-0.1, -0.05) is 104 Å². The van der Waals surface area contributed by atoms with E-state index in [2.05, 4.69) is 10.3 Å². The van der Waals surface area contributed by atoms with Crippen molar-refractivity contribution in [1.29, 1.82) is 0 Å². The van der Waals surface area contributed by atoms with Crippen molar-refractivity contribution in [1.82, 2.24) is 15.2 Å². The summed E-state index contributed by atoms with van der Waals surface area (Å²) in [6, 6.07) is 28.7. The first-order valence-corrected chi connectivity index (χ1v) is 22.6. The van der Waals surface area contributed by atoms with Crippen LogP contribution in [0.2, 0.25) is 0 Å². The minimum absolute atomic E-state index is 0.00319. The minimum atomic E-state index is -4.10. The fourth-order valence-corrected chi connectivity index (χ4v) is 9.59. The van der Waals surface area contributed by atoms with Gasteiger partial charge in [0.2, 0.25) is 18.0 Å². The third-order valence-electron chi connectivity index (χ3n) is 11.7. The Bertz CT molecular complexity index is 2110. The van der Waals surface area contributed by atoms with Crippen molar-refractivity contribution >= 4 is 19.8 Å². The van der Waals surface area contributed by atoms with Gasteiger partial charge in [-0.25, -0.2) is 9.36 Å². The summed E-state index contributed by atoms with van der Waals surface area (Å²) in [5, 5.41) is 38.2. The number of amides is 2. The van der Waals surface area contributed by atoms with Crippen molar-refractivity contribution in [3.8, 4) is 0 Å². The van der Waals surface area contributed by atoms with E-state index in [-0.39, 0.29) is 32.7 Å². The normalized spacial score (nSPS) is 28.5. The summed E-state index contributed by atoms with van der Waals surface area (Å²) in [5.41, 5.74) is 3.27. The zero-order valence-corrected chi connectivity index (χ0v) is 36.6. The average molecular weight is 890 g/mol. The summed E-state index contributed by atoms with van der Waals surface area (Å²) in [4.78, 5) is 32.8. The van der Waals surface area contributed by atoms with Crippen molar-refractivity contribution < 1.29 is 62.0 Å². The number of aliphatic hydroxyl groups excluding tert-OH is 2. The molecule has 1 unspecified atom stereocenters. The highest BCUT2D eigenvalue weighted by molar-refractivity contribution is 7.48. The largest absolute Gasteiger partial charge is 0.476 e. The molecule has 11 atom stereocenters. The Kier molecular flexibility index (Phi) is 15.1. The standard InChI is InChI=1S/C46H56N3O13P/c1-5-36-40(51)39(49(4)45(53)56-26-31-15-9-6-10-16-31)42-43(41(36)52)60-44-46(54,61-42)37(23-29(2)59-44)48-38(50)24-35-22-21-34(25-47-35)30(3)62-63(55,57-27-32-17-11-7-12-18-32)58-28-33-19-13-8-14-20-33/h6-22,25,29-30,36-37,39-44,51-52,54H,5,23-24,26-28H2,1-4H3,(H,48,50)/t29-,30?,36-,37-,39+,40+,41+,42-,43-,44+,46+/m1/s1. The molecule has 16 nitrogen and oxygen atoms in total. The second-order valence-corrected chi connectivity index (χ2v) is 17.9. The number of carbonyl (C=O) groups excluding carboxylic acids is 2. The number of hydrogen-bond donors (Lipinski definition) is 4. The second kappa shape index (κ2) is 20.5. The highest BCUT2D eigenvalue weighted by Crippen LogP contribution is 2.54. The van der Waals surface area contributed by atoms with Crippen LogP contribution in [-0.4, -0.2) is 98.9 Å². The summed E-state index contributed by atoms with van der Waals surface area (Å²) < 4.78 is 55.7. The maximum atomic E-state index is 14.0. The Morgan fingerprint density at radius 3 is 2.02 bits per heavy atom. The first-order valence-electron chi connectivity index (χ1n) is 21.2. The van der Waals surface area contributed by atoms with E-state index in [0.29, 0.717) is 17.7 Å². The van der Waals surface area contributed by atoms with E-state index in [9.17, 15) is 29.5 Å². The van der Waals surface area contributed by atoms with Crippen LogP contribution in [0, 0.1) is 5.92 Å². The number of rotatable bonds is 16. The molecule has 17 heteroatoms. The monoisotopic (exact) mass is 889 g/mol. The summed E-state index contributed by atoms with van der Waals surface area (Å²) >= 11 is 0. The molecule has 0 radical (unpaired) electrons. The van der Waals surface area contributed by atoms with Crippen molar-refractivity contribution in [2.75, 3.05) is 7.05 Å². The fraction of sp³-hybridized carbons (Fsp3) is 0.457. The molecule has 2 amide bonds. The molecule has 3 aromatic carbocycles. The number of aliphatic hydroxyl groups is 3. The third kappa shape index (κ3) is 11.0. The van der Waals surface area contributed by atoms with E-state index in [0.717, 1.165) is 16.7 Å². The zero-order valence-electron chi connectivity index (χ0n) is 35.7. The van der Waals surface area contributed by atoms with Crippen LogP contribution in [0.5, 0.6) is 0 Å². The molecule has 2 aliphatic heterocycles. The number of carbonyl (C=O) groups is 2. The topological polar surface area (TPSA) is 205 Å². The molecule has 7 rings (SSSR count). The predicted octanol–water partition coefficient (Wildman–Crippen LogP) is 5.73. The highest BCUT2D eigenvalue weighted by atomic mass is 31.2. The van der Waals surface area contributed by atoms with Gasteiger partial charge in [-0.3, -0.25) is 23.3 Å². The van der Waals surface area contributed by atoms with Gasteiger partial charge in [-0.05, 0) is 55.0 Å². The van der Waals surface area contributed by atoms with Gasteiger partial charge in [0.05, 0.1) is 56.1 Å². The van der Waals surface area contributed by atoms with Crippen LogP contribution in [0.3, 0.4) is 0 Å². The number of phosphoric acid groups is 1.